The molecule has 0 atom stereocenters. The normalized spacial score (nSPS) is 15.8. The van der Waals surface area contributed by atoms with Crippen LogP contribution in [-0.2, 0) is 16.6 Å². The van der Waals surface area contributed by atoms with Gasteiger partial charge in [-0.2, -0.15) is 0 Å². The molecule has 9 heteroatoms. The molecule has 180 valence electrons. The van der Waals surface area contributed by atoms with Crippen molar-refractivity contribution in [3.8, 4) is 11.5 Å². The SMILES string of the molecule is Cc1cc2c(C)c(C(=O)N3CCCCC3)oc2c(S(=O)(=O)NCc2ccc3c(c2)OCO3)c1C. The summed E-state index contributed by atoms with van der Waals surface area (Å²) in [6.07, 6.45) is 3.04. The summed E-state index contributed by atoms with van der Waals surface area (Å²) in [5.74, 6) is 1.27. The number of nitrogens with one attached hydrogen (secondary N) is 1. The quantitative estimate of drug-likeness (QED) is 0.583. The third-order valence-corrected chi connectivity index (χ3v) is 8.26. The molecule has 2 aromatic carbocycles. The second-order valence-electron chi connectivity index (χ2n) is 8.95. The van der Waals surface area contributed by atoms with Gasteiger partial charge in [0.15, 0.2) is 22.8 Å². The Bertz CT molecular complexity index is 1390. The van der Waals surface area contributed by atoms with Crippen molar-refractivity contribution < 1.29 is 27.1 Å². The highest BCUT2D eigenvalue weighted by Crippen LogP contribution is 2.36. The fourth-order valence-electron chi connectivity index (χ4n) is 4.61. The number of fused-ring (bicyclic) bond motifs is 2. The van der Waals surface area contributed by atoms with Crippen LogP contribution in [0.4, 0.5) is 0 Å². The molecule has 0 unspecified atom stereocenters. The van der Waals surface area contributed by atoms with Crippen LogP contribution in [0.1, 0.15) is 52.1 Å². The van der Waals surface area contributed by atoms with Gasteiger partial charge in [0.1, 0.15) is 4.90 Å². The Morgan fingerprint density at radius 3 is 2.50 bits per heavy atom. The standard InChI is InChI=1S/C25H28N2O6S/c1-15-11-19-17(3)22(25(28)27-9-5-4-6-10-27)33-23(19)24(16(15)2)34(29,30)26-13-18-7-8-20-21(12-18)32-14-31-20/h7-8,11-12,26H,4-6,9-10,13-14H2,1-3H3. The molecule has 0 bridgehead atoms. The number of amides is 1. The molecule has 1 saturated heterocycles. The highest BCUT2D eigenvalue weighted by atomic mass is 32.2. The van der Waals surface area contributed by atoms with Gasteiger partial charge in [0.25, 0.3) is 5.91 Å². The zero-order chi connectivity index (χ0) is 24.0. The van der Waals surface area contributed by atoms with Crippen molar-refractivity contribution in [3.63, 3.8) is 0 Å². The maximum atomic E-state index is 13.5. The molecule has 0 spiro atoms. The van der Waals surface area contributed by atoms with E-state index in [-0.39, 0.29) is 35.5 Å². The average molecular weight is 485 g/mol. The fraction of sp³-hybridized carbons (Fsp3) is 0.400. The number of carbonyl (C=O) groups is 1. The van der Waals surface area contributed by atoms with Crippen LogP contribution in [0, 0.1) is 20.8 Å². The second-order valence-corrected chi connectivity index (χ2v) is 10.6. The minimum absolute atomic E-state index is 0.0732. The zero-order valence-corrected chi connectivity index (χ0v) is 20.4. The molecule has 3 aromatic rings. The highest BCUT2D eigenvalue weighted by molar-refractivity contribution is 7.89. The van der Waals surface area contributed by atoms with Crippen molar-refractivity contribution >= 4 is 26.9 Å². The van der Waals surface area contributed by atoms with Crippen LogP contribution in [0.5, 0.6) is 11.5 Å². The van der Waals surface area contributed by atoms with Crippen LogP contribution in [0.15, 0.2) is 33.6 Å². The van der Waals surface area contributed by atoms with E-state index < -0.39 is 10.0 Å². The van der Waals surface area contributed by atoms with Crippen LogP contribution >= 0.6 is 0 Å². The summed E-state index contributed by atoms with van der Waals surface area (Å²) in [6.45, 7) is 7.05. The van der Waals surface area contributed by atoms with Gasteiger partial charge in [0.2, 0.25) is 16.8 Å². The van der Waals surface area contributed by atoms with Gasteiger partial charge in [0.05, 0.1) is 0 Å². The van der Waals surface area contributed by atoms with Gasteiger partial charge in [0, 0.05) is 30.6 Å². The molecule has 1 N–H and O–H groups in total. The number of hydrogen-bond donors (Lipinski definition) is 1. The average Bonchev–Trinajstić information content (AvgIpc) is 3.42. The Hall–Kier alpha value is -3.04. The lowest BCUT2D eigenvalue weighted by Crippen LogP contribution is -2.35. The summed E-state index contributed by atoms with van der Waals surface area (Å²) in [5.41, 5.74) is 3.04. The minimum atomic E-state index is -3.95. The molecule has 34 heavy (non-hydrogen) atoms. The topological polar surface area (TPSA) is 98.1 Å². The summed E-state index contributed by atoms with van der Waals surface area (Å²) in [5, 5.41) is 0.645. The van der Waals surface area contributed by atoms with Gasteiger partial charge in [-0.1, -0.05) is 6.07 Å². The van der Waals surface area contributed by atoms with E-state index in [1.165, 1.54) is 0 Å². The van der Waals surface area contributed by atoms with Crippen molar-refractivity contribution in [2.24, 2.45) is 0 Å². The van der Waals surface area contributed by atoms with E-state index in [1.807, 2.05) is 19.9 Å². The molecule has 0 radical (unpaired) electrons. The molecule has 3 heterocycles. The highest BCUT2D eigenvalue weighted by Gasteiger charge is 2.30. The Balaban J connectivity index is 1.51. The van der Waals surface area contributed by atoms with Crippen molar-refractivity contribution in [2.75, 3.05) is 19.9 Å². The van der Waals surface area contributed by atoms with E-state index in [9.17, 15) is 13.2 Å². The van der Waals surface area contributed by atoms with Gasteiger partial charge in [-0.05, 0) is 74.9 Å². The van der Waals surface area contributed by atoms with E-state index in [2.05, 4.69) is 4.72 Å². The van der Waals surface area contributed by atoms with E-state index in [4.69, 9.17) is 13.9 Å². The van der Waals surface area contributed by atoms with Gasteiger partial charge < -0.3 is 18.8 Å². The summed E-state index contributed by atoms with van der Waals surface area (Å²) in [6, 6.07) is 7.21. The Labute approximate surface area is 198 Å². The van der Waals surface area contributed by atoms with E-state index in [0.29, 0.717) is 41.1 Å². The Morgan fingerprint density at radius 1 is 1.00 bits per heavy atom. The van der Waals surface area contributed by atoms with Crippen LogP contribution in [0.25, 0.3) is 11.0 Å². The first-order chi connectivity index (χ1) is 16.3. The smallest absolute Gasteiger partial charge is 0.289 e. The van der Waals surface area contributed by atoms with Crippen molar-refractivity contribution in [1.29, 1.82) is 0 Å². The van der Waals surface area contributed by atoms with Crippen LogP contribution < -0.4 is 14.2 Å². The number of furan rings is 1. The number of likely N-dealkylation sites (tertiary alicyclic amines) is 1. The fourth-order valence-corrected chi connectivity index (χ4v) is 6.07. The number of hydrogen-bond acceptors (Lipinski definition) is 6. The number of benzene rings is 2. The van der Waals surface area contributed by atoms with Gasteiger partial charge in [-0.15, -0.1) is 0 Å². The first kappa shape index (κ1) is 22.7. The summed E-state index contributed by atoms with van der Waals surface area (Å²) in [7, 11) is -3.95. The predicted octanol–water partition coefficient (Wildman–Crippen LogP) is 4.19. The van der Waals surface area contributed by atoms with E-state index >= 15 is 0 Å². The molecule has 1 amide bonds. The molecule has 2 aliphatic heterocycles. The third kappa shape index (κ3) is 3.92. The second kappa shape index (κ2) is 8.63. The summed E-state index contributed by atoms with van der Waals surface area (Å²) >= 11 is 0. The first-order valence-corrected chi connectivity index (χ1v) is 13.0. The monoisotopic (exact) mass is 484 g/mol. The molecule has 2 aliphatic rings. The number of carbonyl (C=O) groups excluding carboxylic acids is 1. The number of sulfonamides is 1. The molecule has 1 fully saturated rings. The lowest BCUT2D eigenvalue weighted by molar-refractivity contribution is 0.0693. The largest absolute Gasteiger partial charge is 0.454 e. The zero-order valence-electron chi connectivity index (χ0n) is 19.6. The summed E-state index contributed by atoms with van der Waals surface area (Å²) in [4.78, 5) is 15.0. The lowest BCUT2D eigenvalue weighted by atomic mass is 10.0. The number of nitrogens with zero attached hydrogens (tertiary/aromatic N) is 1. The Kier molecular flexibility index (Phi) is 5.77. The number of piperidine rings is 1. The molecule has 0 aliphatic carbocycles. The van der Waals surface area contributed by atoms with E-state index in [1.54, 1.807) is 30.0 Å². The van der Waals surface area contributed by atoms with Crippen LogP contribution in [0.2, 0.25) is 0 Å². The molecule has 5 rings (SSSR count). The maximum Gasteiger partial charge on any atom is 0.289 e. The van der Waals surface area contributed by atoms with Gasteiger partial charge in [-0.3, -0.25) is 4.79 Å². The maximum absolute atomic E-state index is 13.5. The predicted molar refractivity (Wildman–Crippen MR) is 127 cm³/mol. The lowest BCUT2D eigenvalue weighted by Gasteiger charge is -2.25. The Morgan fingerprint density at radius 2 is 1.74 bits per heavy atom. The van der Waals surface area contributed by atoms with Gasteiger partial charge in [-0.25, -0.2) is 13.1 Å². The number of rotatable bonds is 5. The molecular formula is C25H28N2O6S. The summed E-state index contributed by atoms with van der Waals surface area (Å²) < 4.78 is 46.4. The van der Waals surface area contributed by atoms with Crippen molar-refractivity contribution in [2.45, 2.75) is 51.5 Å². The van der Waals surface area contributed by atoms with Crippen LogP contribution in [0.3, 0.4) is 0 Å². The molecule has 0 saturated carbocycles. The third-order valence-electron chi connectivity index (χ3n) is 6.70. The molecule has 1 aromatic heterocycles. The number of ether oxygens (including phenoxy) is 2. The molecular weight excluding hydrogens is 456 g/mol. The van der Waals surface area contributed by atoms with Crippen LogP contribution in [-0.4, -0.2) is 39.1 Å². The van der Waals surface area contributed by atoms with Crippen molar-refractivity contribution in [1.82, 2.24) is 9.62 Å². The number of aryl methyl sites for hydroxylation is 2. The van der Waals surface area contributed by atoms with Gasteiger partial charge >= 0.3 is 0 Å². The first-order valence-electron chi connectivity index (χ1n) is 11.5. The van der Waals surface area contributed by atoms with Crippen molar-refractivity contribution in [3.05, 3.63) is 52.3 Å². The van der Waals surface area contributed by atoms with E-state index in [0.717, 1.165) is 30.4 Å². The molecule has 8 nitrogen and oxygen atoms in total. The minimum Gasteiger partial charge on any atom is -0.454 e.